The minimum Gasteiger partial charge on any atom is -0.358 e. The van der Waals surface area contributed by atoms with Crippen LogP contribution in [0.15, 0.2) is 42.1 Å². The number of hydrogen-bond donors (Lipinski definition) is 3. The quantitative estimate of drug-likeness (QED) is 0.447. The van der Waals surface area contributed by atoms with Gasteiger partial charge in [0.05, 0.1) is 22.2 Å². The van der Waals surface area contributed by atoms with Crippen LogP contribution in [0.2, 0.25) is 5.15 Å². The monoisotopic (exact) mass is 337 g/mol. The molecule has 120 valence electrons. The van der Waals surface area contributed by atoms with Crippen molar-refractivity contribution in [2.75, 3.05) is 5.32 Å². The molecule has 3 N–H and O–H groups in total. The molecule has 3 aromatic heterocycles. The molecule has 24 heavy (non-hydrogen) atoms. The predicted octanol–water partition coefficient (Wildman–Crippen LogP) is 5.26. The van der Waals surface area contributed by atoms with Crippen molar-refractivity contribution in [1.82, 2.24) is 19.9 Å². The van der Waals surface area contributed by atoms with Gasteiger partial charge in [-0.15, -0.1) is 0 Å². The highest BCUT2D eigenvalue weighted by Crippen LogP contribution is 2.26. The Balaban J connectivity index is 1.71. The molecule has 0 radical (unpaired) electrons. The lowest BCUT2D eigenvalue weighted by molar-refractivity contribution is 1.31. The lowest BCUT2D eigenvalue weighted by atomic mass is 10.1. The zero-order valence-electron chi connectivity index (χ0n) is 13.3. The van der Waals surface area contributed by atoms with Gasteiger partial charge in [-0.2, -0.15) is 0 Å². The first kappa shape index (κ1) is 14.8. The third-order valence-corrected chi connectivity index (χ3v) is 3.91. The van der Waals surface area contributed by atoms with Gasteiger partial charge in [0, 0.05) is 6.20 Å². The summed E-state index contributed by atoms with van der Waals surface area (Å²) in [6, 6.07) is 9.82. The first-order chi connectivity index (χ1) is 11.6. The van der Waals surface area contributed by atoms with Crippen molar-refractivity contribution in [1.29, 1.82) is 0 Å². The molecule has 0 amide bonds. The van der Waals surface area contributed by atoms with Crippen molar-refractivity contribution >= 4 is 51.4 Å². The number of hydrogen-bond acceptors (Lipinski definition) is 3. The third-order valence-electron chi connectivity index (χ3n) is 3.70. The summed E-state index contributed by atoms with van der Waals surface area (Å²) in [5.41, 5.74) is 6.84. The van der Waals surface area contributed by atoms with Crippen molar-refractivity contribution in [3.8, 4) is 0 Å². The maximum Gasteiger partial charge on any atom is 0.205 e. The van der Waals surface area contributed by atoms with Crippen LogP contribution in [0.1, 0.15) is 19.4 Å². The first-order valence-corrected chi connectivity index (χ1v) is 8.01. The molecular weight excluding hydrogens is 322 g/mol. The highest BCUT2D eigenvalue weighted by Gasteiger charge is 2.09. The first-order valence-electron chi connectivity index (χ1n) is 7.64. The van der Waals surface area contributed by atoms with Gasteiger partial charge in [-0.3, -0.25) is 0 Å². The van der Waals surface area contributed by atoms with E-state index in [4.69, 9.17) is 11.6 Å². The normalized spacial score (nSPS) is 11.1. The molecule has 0 unspecified atom stereocenters. The summed E-state index contributed by atoms with van der Waals surface area (Å²) in [4.78, 5) is 15.4. The molecule has 0 aliphatic rings. The van der Waals surface area contributed by atoms with Crippen molar-refractivity contribution in [2.45, 2.75) is 13.8 Å². The fourth-order valence-corrected chi connectivity index (χ4v) is 2.86. The molecule has 6 heteroatoms. The van der Waals surface area contributed by atoms with E-state index in [0.29, 0.717) is 11.1 Å². The largest absolute Gasteiger partial charge is 0.358 e. The highest BCUT2D eigenvalue weighted by molar-refractivity contribution is 6.29. The number of halogens is 1. The average Bonchev–Trinajstić information content (AvgIpc) is 3.10. The minimum atomic E-state index is 0.459. The van der Waals surface area contributed by atoms with Gasteiger partial charge in [0.15, 0.2) is 0 Å². The summed E-state index contributed by atoms with van der Waals surface area (Å²) < 4.78 is 0. The number of aromatic nitrogens is 4. The molecule has 0 bridgehead atoms. The number of benzene rings is 1. The van der Waals surface area contributed by atoms with Crippen LogP contribution in [0.5, 0.6) is 0 Å². The van der Waals surface area contributed by atoms with E-state index in [1.165, 1.54) is 5.57 Å². The van der Waals surface area contributed by atoms with E-state index in [2.05, 4.69) is 57.3 Å². The average molecular weight is 338 g/mol. The van der Waals surface area contributed by atoms with Gasteiger partial charge in [-0.1, -0.05) is 29.3 Å². The van der Waals surface area contributed by atoms with E-state index in [9.17, 15) is 0 Å². The van der Waals surface area contributed by atoms with Gasteiger partial charge in [0.1, 0.15) is 10.7 Å². The molecule has 0 spiro atoms. The van der Waals surface area contributed by atoms with Crippen LogP contribution in [0, 0.1) is 0 Å². The summed E-state index contributed by atoms with van der Waals surface area (Å²) in [5.74, 6) is 0.669. The van der Waals surface area contributed by atoms with E-state index in [1.807, 2.05) is 18.3 Å². The van der Waals surface area contributed by atoms with Crippen LogP contribution in [-0.2, 0) is 0 Å². The second-order valence-corrected chi connectivity index (χ2v) is 6.33. The van der Waals surface area contributed by atoms with E-state index < -0.39 is 0 Å². The molecule has 0 aliphatic heterocycles. The molecular formula is C18H16ClN5. The summed E-state index contributed by atoms with van der Waals surface area (Å²) in [7, 11) is 0. The lowest BCUT2D eigenvalue weighted by Gasteiger charge is -1.99. The standard InChI is InChI=1S/C18H16ClN5/c1-10(2)7-11-3-4-12-14(8-11)22-18(21-12)23-15-9-20-13-5-6-16(19)24-17(13)15/h3-9,20H,1-2H3,(H2,21,22,23). The lowest BCUT2D eigenvalue weighted by Crippen LogP contribution is -1.91. The Kier molecular flexibility index (Phi) is 3.50. The molecule has 5 nitrogen and oxygen atoms in total. The number of imidazole rings is 1. The van der Waals surface area contributed by atoms with E-state index in [-0.39, 0.29) is 0 Å². The smallest absolute Gasteiger partial charge is 0.205 e. The van der Waals surface area contributed by atoms with Crippen molar-refractivity contribution in [3.63, 3.8) is 0 Å². The van der Waals surface area contributed by atoms with Crippen LogP contribution in [0.3, 0.4) is 0 Å². The molecule has 1 aromatic carbocycles. The van der Waals surface area contributed by atoms with E-state index >= 15 is 0 Å². The fourth-order valence-electron chi connectivity index (χ4n) is 2.71. The molecule has 4 aromatic rings. The zero-order chi connectivity index (χ0) is 16.7. The van der Waals surface area contributed by atoms with E-state index in [0.717, 1.165) is 33.3 Å². The number of pyridine rings is 1. The predicted molar refractivity (Wildman–Crippen MR) is 99.8 cm³/mol. The Bertz CT molecular complexity index is 1070. The van der Waals surface area contributed by atoms with Gasteiger partial charge >= 0.3 is 0 Å². The minimum absolute atomic E-state index is 0.459. The fraction of sp³-hybridized carbons (Fsp3) is 0.111. The Labute approximate surface area is 143 Å². The zero-order valence-corrected chi connectivity index (χ0v) is 14.1. The van der Waals surface area contributed by atoms with Gasteiger partial charge in [0.2, 0.25) is 5.95 Å². The maximum absolute atomic E-state index is 5.99. The van der Waals surface area contributed by atoms with Crippen LogP contribution in [-0.4, -0.2) is 19.9 Å². The van der Waals surface area contributed by atoms with Crippen LogP contribution < -0.4 is 5.32 Å². The molecule has 0 atom stereocenters. The molecule has 0 saturated carbocycles. The van der Waals surface area contributed by atoms with Crippen LogP contribution >= 0.6 is 11.6 Å². The number of fused-ring (bicyclic) bond motifs is 2. The second kappa shape index (κ2) is 5.69. The van der Waals surface area contributed by atoms with Crippen LogP contribution in [0.25, 0.3) is 28.1 Å². The Morgan fingerprint density at radius 1 is 1.12 bits per heavy atom. The SMILES string of the molecule is CC(C)=Cc1ccc2nc(Nc3c[nH]c4ccc(Cl)nc34)[nH]c2c1. The number of H-pyrrole nitrogens is 2. The summed E-state index contributed by atoms with van der Waals surface area (Å²) in [6.45, 7) is 4.17. The number of aromatic amines is 2. The van der Waals surface area contributed by atoms with Crippen LogP contribution in [0.4, 0.5) is 11.6 Å². The number of nitrogens with one attached hydrogen (secondary N) is 3. The van der Waals surface area contributed by atoms with E-state index in [1.54, 1.807) is 6.07 Å². The number of anilines is 2. The van der Waals surface area contributed by atoms with Crippen molar-refractivity contribution in [2.24, 2.45) is 0 Å². The van der Waals surface area contributed by atoms with Crippen molar-refractivity contribution in [3.05, 3.63) is 52.8 Å². The molecule has 0 fully saturated rings. The van der Waals surface area contributed by atoms with Gasteiger partial charge in [-0.25, -0.2) is 9.97 Å². The Morgan fingerprint density at radius 3 is 2.83 bits per heavy atom. The molecule has 4 rings (SSSR count). The number of nitrogens with zero attached hydrogens (tertiary/aromatic N) is 2. The number of allylic oxidation sites excluding steroid dienone is 1. The third kappa shape index (κ3) is 2.74. The molecule has 0 saturated heterocycles. The topological polar surface area (TPSA) is 69.4 Å². The summed E-state index contributed by atoms with van der Waals surface area (Å²) in [6.07, 6.45) is 3.99. The molecule has 0 aliphatic carbocycles. The highest BCUT2D eigenvalue weighted by atomic mass is 35.5. The Morgan fingerprint density at radius 2 is 2.00 bits per heavy atom. The van der Waals surface area contributed by atoms with Gasteiger partial charge in [-0.05, 0) is 43.7 Å². The maximum atomic E-state index is 5.99. The summed E-state index contributed by atoms with van der Waals surface area (Å²) >= 11 is 5.99. The number of rotatable bonds is 3. The molecule has 3 heterocycles. The van der Waals surface area contributed by atoms with Gasteiger partial charge in [0.25, 0.3) is 0 Å². The second-order valence-electron chi connectivity index (χ2n) is 5.94. The summed E-state index contributed by atoms with van der Waals surface area (Å²) in [5, 5.41) is 3.73. The van der Waals surface area contributed by atoms with Gasteiger partial charge < -0.3 is 15.3 Å². The van der Waals surface area contributed by atoms with Crippen molar-refractivity contribution < 1.29 is 0 Å². The Hall–Kier alpha value is -2.79.